The monoisotopic (exact) mass is 344 g/mol. The molecule has 2 aliphatic heterocycles. The van der Waals surface area contributed by atoms with Gasteiger partial charge >= 0.3 is 0 Å². The van der Waals surface area contributed by atoms with E-state index in [2.05, 4.69) is 10.3 Å². The number of aliphatic hydroxyl groups excluding tert-OH is 2. The first-order chi connectivity index (χ1) is 11.1. The predicted octanol–water partition coefficient (Wildman–Crippen LogP) is 1.14. The second-order valence-electron chi connectivity index (χ2n) is 5.71. The zero-order valence-corrected chi connectivity index (χ0v) is 13.5. The zero-order chi connectivity index (χ0) is 16.4. The van der Waals surface area contributed by atoms with Gasteiger partial charge in [0.2, 0.25) is 0 Å². The number of pyridine rings is 1. The average molecular weight is 345 g/mol. The van der Waals surface area contributed by atoms with E-state index >= 15 is 0 Å². The second-order valence-corrected chi connectivity index (χ2v) is 6.07. The molecule has 1 aromatic heterocycles. The number of hydrogen-bond donors (Lipinski definition) is 3. The standard InChI is InChI=1S/C15H21ClN2O5/c1-2-4-10-21-7-9-13(23-10)11(19)12(20)15(22-9)18-8-5-3-6-17-14(8)16/h3,5-6,9-13,15,18-20H,2,4,7H2,1H3/t9-,10?,11-,12-,13-,15-/m1/s1. The highest BCUT2D eigenvalue weighted by atomic mass is 35.5. The molecule has 7 nitrogen and oxygen atoms in total. The number of rotatable bonds is 4. The Hall–Kier alpha value is -0.960. The molecule has 6 atom stereocenters. The molecule has 0 aromatic carbocycles. The van der Waals surface area contributed by atoms with Crippen LogP contribution in [0.2, 0.25) is 5.15 Å². The van der Waals surface area contributed by atoms with Gasteiger partial charge in [-0.1, -0.05) is 24.9 Å². The van der Waals surface area contributed by atoms with Crippen LogP contribution in [0.15, 0.2) is 18.3 Å². The summed E-state index contributed by atoms with van der Waals surface area (Å²) in [4.78, 5) is 3.95. The Kier molecular flexibility index (Phi) is 5.35. The molecule has 2 fully saturated rings. The van der Waals surface area contributed by atoms with Crippen LogP contribution in [0.3, 0.4) is 0 Å². The van der Waals surface area contributed by atoms with Crippen molar-refractivity contribution in [3.05, 3.63) is 23.5 Å². The van der Waals surface area contributed by atoms with Crippen LogP contribution < -0.4 is 5.32 Å². The molecular formula is C15H21ClN2O5. The van der Waals surface area contributed by atoms with Gasteiger partial charge in [0.05, 0.1) is 12.3 Å². The lowest BCUT2D eigenvalue weighted by molar-refractivity contribution is -0.322. The van der Waals surface area contributed by atoms with E-state index in [9.17, 15) is 10.2 Å². The fourth-order valence-electron chi connectivity index (χ4n) is 2.81. The number of aliphatic hydroxyl groups is 2. The SMILES string of the molecule is CCCC1OC[C@H]2O[C@@H](Nc3cccnc3Cl)[C@H](O)[C@@H](O)[C@@H]2O1. The van der Waals surface area contributed by atoms with Gasteiger partial charge in [0.15, 0.2) is 17.7 Å². The Balaban J connectivity index is 1.69. The number of halogens is 1. The molecular weight excluding hydrogens is 324 g/mol. The van der Waals surface area contributed by atoms with Crippen molar-refractivity contribution in [1.82, 2.24) is 4.98 Å². The number of hydrogen-bond acceptors (Lipinski definition) is 7. The lowest BCUT2D eigenvalue weighted by Gasteiger charge is -2.46. The molecule has 0 radical (unpaired) electrons. The highest BCUT2D eigenvalue weighted by Crippen LogP contribution is 2.31. The first kappa shape index (κ1) is 16.9. The van der Waals surface area contributed by atoms with Gasteiger partial charge in [-0.25, -0.2) is 4.98 Å². The number of aromatic nitrogens is 1. The molecule has 1 unspecified atom stereocenters. The maximum Gasteiger partial charge on any atom is 0.158 e. The summed E-state index contributed by atoms with van der Waals surface area (Å²) in [5, 5.41) is 23.9. The molecule has 3 rings (SSSR count). The summed E-state index contributed by atoms with van der Waals surface area (Å²) >= 11 is 6.00. The molecule has 128 valence electrons. The van der Waals surface area contributed by atoms with Gasteiger partial charge in [-0.3, -0.25) is 0 Å². The summed E-state index contributed by atoms with van der Waals surface area (Å²) in [6.45, 7) is 2.33. The minimum absolute atomic E-state index is 0.263. The summed E-state index contributed by atoms with van der Waals surface area (Å²) in [5.74, 6) is 0. The van der Waals surface area contributed by atoms with E-state index in [1.165, 1.54) is 0 Å². The number of anilines is 1. The lowest BCUT2D eigenvalue weighted by Crippen LogP contribution is -2.64. The van der Waals surface area contributed by atoms with E-state index in [0.717, 1.165) is 12.8 Å². The van der Waals surface area contributed by atoms with Gasteiger partial charge < -0.3 is 29.7 Å². The lowest BCUT2D eigenvalue weighted by atomic mass is 9.97. The van der Waals surface area contributed by atoms with Gasteiger partial charge in [0.25, 0.3) is 0 Å². The molecule has 3 N–H and O–H groups in total. The molecule has 0 aliphatic carbocycles. The third-order valence-electron chi connectivity index (χ3n) is 4.02. The molecule has 0 bridgehead atoms. The summed E-state index contributed by atoms with van der Waals surface area (Å²) < 4.78 is 17.1. The Morgan fingerprint density at radius 1 is 1.35 bits per heavy atom. The van der Waals surface area contributed by atoms with Gasteiger partial charge in [0.1, 0.15) is 24.4 Å². The van der Waals surface area contributed by atoms with Crippen LogP contribution in [0.1, 0.15) is 19.8 Å². The average Bonchev–Trinajstić information content (AvgIpc) is 2.55. The summed E-state index contributed by atoms with van der Waals surface area (Å²) in [6, 6.07) is 3.43. The third-order valence-corrected chi connectivity index (χ3v) is 4.32. The normalized spacial score (nSPS) is 37.2. The van der Waals surface area contributed by atoms with Crippen LogP contribution in [-0.4, -0.2) is 58.7 Å². The number of nitrogens with one attached hydrogen (secondary N) is 1. The predicted molar refractivity (Wildman–Crippen MR) is 83.1 cm³/mol. The van der Waals surface area contributed by atoms with Gasteiger partial charge in [-0.15, -0.1) is 0 Å². The van der Waals surface area contributed by atoms with Crippen LogP contribution >= 0.6 is 11.6 Å². The largest absolute Gasteiger partial charge is 0.387 e. The maximum atomic E-state index is 10.4. The van der Waals surface area contributed by atoms with Crippen LogP contribution in [0.4, 0.5) is 5.69 Å². The van der Waals surface area contributed by atoms with E-state index in [4.69, 9.17) is 25.8 Å². The summed E-state index contributed by atoms with van der Waals surface area (Å²) in [6.07, 6.45) is -1.31. The smallest absolute Gasteiger partial charge is 0.158 e. The molecule has 2 aliphatic rings. The summed E-state index contributed by atoms with van der Waals surface area (Å²) in [5.41, 5.74) is 0.519. The molecule has 2 saturated heterocycles. The van der Waals surface area contributed by atoms with Gasteiger partial charge in [-0.2, -0.15) is 0 Å². The molecule has 23 heavy (non-hydrogen) atoms. The van der Waals surface area contributed by atoms with Crippen molar-refractivity contribution in [1.29, 1.82) is 0 Å². The van der Waals surface area contributed by atoms with Crippen LogP contribution in [0, 0.1) is 0 Å². The zero-order valence-electron chi connectivity index (χ0n) is 12.8. The van der Waals surface area contributed by atoms with Gasteiger partial charge in [-0.05, 0) is 18.6 Å². The minimum atomic E-state index is -1.16. The number of fused-ring (bicyclic) bond motifs is 1. The maximum absolute atomic E-state index is 10.4. The minimum Gasteiger partial charge on any atom is -0.387 e. The number of ether oxygens (including phenoxy) is 3. The first-order valence-corrected chi connectivity index (χ1v) is 8.13. The molecule has 3 heterocycles. The quantitative estimate of drug-likeness (QED) is 0.705. The summed E-state index contributed by atoms with van der Waals surface area (Å²) in [7, 11) is 0. The topological polar surface area (TPSA) is 93.1 Å². The molecule has 0 spiro atoms. The van der Waals surface area contributed by atoms with E-state index < -0.39 is 30.6 Å². The molecule has 0 saturated carbocycles. The van der Waals surface area contributed by atoms with Crippen LogP contribution in [0.25, 0.3) is 0 Å². The molecule has 0 amide bonds. The van der Waals surface area contributed by atoms with E-state index in [-0.39, 0.29) is 11.4 Å². The Morgan fingerprint density at radius 3 is 2.91 bits per heavy atom. The fourth-order valence-corrected chi connectivity index (χ4v) is 2.99. The molecule has 8 heteroatoms. The highest BCUT2D eigenvalue weighted by molar-refractivity contribution is 6.31. The van der Waals surface area contributed by atoms with Crippen molar-refractivity contribution in [2.45, 2.75) is 56.7 Å². The Bertz CT molecular complexity index is 532. The second kappa shape index (κ2) is 7.29. The van der Waals surface area contributed by atoms with Crippen LogP contribution in [-0.2, 0) is 14.2 Å². The first-order valence-electron chi connectivity index (χ1n) is 7.76. The van der Waals surface area contributed by atoms with Crippen LogP contribution in [0.5, 0.6) is 0 Å². The van der Waals surface area contributed by atoms with Crippen molar-refractivity contribution < 1.29 is 24.4 Å². The number of nitrogens with zero attached hydrogens (tertiary/aromatic N) is 1. The van der Waals surface area contributed by atoms with Crippen molar-refractivity contribution >= 4 is 17.3 Å². The van der Waals surface area contributed by atoms with Crippen molar-refractivity contribution in [2.75, 3.05) is 11.9 Å². The third kappa shape index (κ3) is 3.60. The van der Waals surface area contributed by atoms with Crippen molar-refractivity contribution in [2.24, 2.45) is 0 Å². The fraction of sp³-hybridized carbons (Fsp3) is 0.667. The van der Waals surface area contributed by atoms with E-state index in [1.54, 1.807) is 18.3 Å². The highest BCUT2D eigenvalue weighted by Gasteiger charge is 2.48. The van der Waals surface area contributed by atoms with Gasteiger partial charge in [0, 0.05) is 6.20 Å². The van der Waals surface area contributed by atoms with E-state index in [0.29, 0.717) is 12.3 Å². The Morgan fingerprint density at radius 2 is 2.17 bits per heavy atom. The molecule has 1 aromatic rings. The Labute approximate surface area is 139 Å². The van der Waals surface area contributed by atoms with Crippen molar-refractivity contribution in [3.63, 3.8) is 0 Å². The van der Waals surface area contributed by atoms with Crippen molar-refractivity contribution in [3.8, 4) is 0 Å². The van der Waals surface area contributed by atoms with E-state index in [1.807, 2.05) is 6.92 Å².